The molecule has 0 aliphatic rings. The topological polar surface area (TPSA) is 78.9 Å². The molecule has 4 nitrogen and oxygen atoms in total. The number of nitrogens with one attached hydrogen (secondary N) is 1. The van der Waals surface area contributed by atoms with Crippen molar-refractivity contribution in [3.8, 4) is 6.07 Å². The first-order chi connectivity index (χ1) is 8.45. The van der Waals surface area contributed by atoms with Gasteiger partial charge >= 0.3 is 0 Å². The lowest BCUT2D eigenvalue weighted by molar-refractivity contribution is -0.121. The van der Waals surface area contributed by atoms with Gasteiger partial charge in [-0.3, -0.25) is 10.1 Å². The molecule has 96 valence electrons. The molecule has 4 heteroatoms. The van der Waals surface area contributed by atoms with E-state index in [0.717, 1.165) is 5.56 Å². The van der Waals surface area contributed by atoms with E-state index in [0.29, 0.717) is 5.56 Å². The number of nitrogens with zero attached hydrogens (tertiary/aromatic N) is 1. The second kappa shape index (κ2) is 6.18. The minimum absolute atomic E-state index is 0.0294. The van der Waals surface area contributed by atoms with E-state index in [2.05, 4.69) is 11.4 Å². The Morgan fingerprint density at radius 2 is 2.06 bits per heavy atom. The van der Waals surface area contributed by atoms with Crippen LogP contribution in [-0.4, -0.2) is 11.9 Å². The Morgan fingerprint density at radius 3 is 2.56 bits per heavy atom. The molecule has 0 aliphatic carbocycles. The maximum absolute atomic E-state index is 11.3. The summed E-state index contributed by atoms with van der Waals surface area (Å²) in [7, 11) is 0. The third kappa shape index (κ3) is 3.57. The second-order valence-corrected chi connectivity index (χ2v) is 4.75. The van der Waals surface area contributed by atoms with Crippen molar-refractivity contribution in [2.45, 2.75) is 32.9 Å². The highest BCUT2D eigenvalue weighted by atomic mass is 16.1. The molecule has 1 aromatic rings. The standard InChI is InChI=1S/C14H19N3O/c1-9(2)13(14(16)18)17-10(3)12-6-4-5-11(7-12)8-15/h4-7,9-10,13,17H,1-3H3,(H2,16,18). The van der Waals surface area contributed by atoms with E-state index >= 15 is 0 Å². The number of hydrogen-bond donors (Lipinski definition) is 2. The molecule has 2 atom stereocenters. The number of nitriles is 1. The van der Waals surface area contributed by atoms with E-state index in [-0.39, 0.29) is 23.9 Å². The lowest BCUT2D eigenvalue weighted by Gasteiger charge is -2.24. The zero-order valence-corrected chi connectivity index (χ0v) is 11.0. The predicted octanol–water partition coefficient (Wildman–Crippen LogP) is 1.72. The van der Waals surface area contributed by atoms with Crippen molar-refractivity contribution in [2.75, 3.05) is 0 Å². The highest BCUT2D eigenvalue weighted by Crippen LogP contribution is 2.16. The van der Waals surface area contributed by atoms with Crippen molar-refractivity contribution < 1.29 is 4.79 Å². The van der Waals surface area contributed by atoms with Crippen LogP contribution < -0.4 is 11.1 Å². The molecule has 0 bridgehead atoms. The van der Waals surface area contributed by atoms with Crippen molar-refractivity contribution in [3.05, 3.63) is 35.4 Å². The van der Waals surface area contributed by atoms with Crippen LogP contribution in [0, 0.1) is 17.2 Å². The van der Waals surface area contributed by atoms with Crippen molar-refractivity contribution in [1.29, 1.82) is 5.26 Å². The number of nitrogens with two attached hydrogens (primary N) is 1. The van der Waals surface area contributed by atoms with Gasteiger partial charge in [0.1, 0.15) is 0 Å². The van der Waals surface area contributed by atoms with Crippen molar-refractivity contribution >= 4 is 5.91 Å². The first-order valence-electron chi connectivity index (χ1n) is 6.01. The first-order valence-corrected chi connectivity index (χ1v) is 6.01. The highest BCUT2D eigenvalue weighted by Gasteiger charge is 2.21. The van der Waals surface area contributed by atoms with Gasteiger partial charge in [0.25, 0.3) is 0 Å². The van der Waals surface area contributed by atoms with Crippen molar-refractivity contribution in [2.24, 2.45) is 11.7 Å². The van der Waals surface area contributed by atoms with Gasteiger partial charge in [-0.1, -0.05) is 26.0 Å². The van der Waals surface area contributed by atoms with Gasteiger partial charge < -0.3 is 5.73 Å². The molecule has 0 saturated carbocycles. The molecular weight excluding hydrogens is 226 g/mol. The largest absolute Gasteiger partial charge is 0.368 e. The summed E-state index contributed by atoms with van der Waals surface area (Å²) in [6, 6.07) is 9.03. The second-order valence-electron chi connectivity index (χ2n) is 4.75. The monoisotopic (exact) mass is 245 g/mol. The maximum Gasteiger partial charge on any atom is 0.234 e. The van der Waals surface area contributed by atoms with Gasteiger partial charge in [0.05, 0.1) is 17.7 Å². The smallest absolute Gasteiger partial charge is 0.234 e. The summed E-state index contributed by atoms with van der Waals surface area (Å²) < 4.78 is 0. The molecule has 1 amide bonds. The van der Waals surface area contributed by atoms with Crippen molar-refractivity contribution in [1.82, 2.24) is 5.32 Å². The molecule has 0 fully saturated rings. The van der Waals surface area contributed by atoms with E-state index in [1.54, 1.807) is 6.07 Å². The molecule has 3 N–H and O–H groups in total. The molecule has 0 radical (unpaired) electrons. The summed E-state index contributed by atoms with van der Waals surface area (Å²) in [4.78, 5) is 11.3. The van der Waals surface area contributed by atoms with E-state index in [1.165, 1.54) is 0 Å². The Bertz CT molecular complexity index is 462. The van der Waals surface area contributed by atoms with Crippen LogP contribution in [0.1, 0.15) is 37.9 Å². The predicted molar refractivity (Wildman–Crippen MR) is 70.5 cm³/mol. The van der Waals surface area contributed by atoms with Crippen LogP contribution in [0.25, 0.3) is 0 Å². The van der Waals surface area contributed by atoms with E-state index in [9.17, 15) is 4.79 Å². The fourth-order valence-corrected chi connectivity index (χ4v) is 1.85. The van der Waals surface area contributed by atoms with Crippen LogP contribution in [0.15, 0.2) is 24.3 Å². The fraction of sp³-hybridized carbons (Fsp3) is 0.429. The van der Waals surface area contributed by atoms with Crippen LogP contribution in [0.2, 0.25) is 0 Å². The van der Waals surface area contributed by atoms with Crippen molar-refractivity contribution in [3.63, 3.8) is 0 Å². The first kappa shape index (κ1) is 14.2. The molecule has 0 heterocycles. The van der Waals surface area contributed by atoms with Gasteiger partial charge in [-0.25, -0.2) is 0 Å². The Hall–Kier alpha value is -1.86. The Morgan fingerprint density at radius 1 is 1.39 bits per heavy atom. The average molecular weight is 245 g/mol. The minimum atomic E-state index is -0.370. The number of amides is 1. The van der Waals surface area contributed by atoms with E-state index in [1.807, 2.05) is 39.0 Å². The highest BCUT2D eigenvalue weighted by molar-refractivity contribution is 5.80. The zero-order chi connectivity index (χ0) is 13.7. The van der Waals surface area contributed by atoms with E-state index < -0.39 is 0 Å². The molecular formula is C14H19N3O. The van der Waals surface area contributed by atoms with Crippen LogP contribution in [0.3, 0.4) is 0 Å². The molecule has 0 spiro atoms. The van der Waals surface area contributed by atoms with E-state index in [4.69, 9.17) is 11.0 Å². The molecule has 18 heavy (non-hydrogen) atoms. The number of carbonyl (C=O) groups excluding carboxylic acids is 1. The summed E-state index contributed by atoms with van der Waals surface area (Å²) in [5.74, 6) is -0.225. The molecule has 2 unspecified atom stereocenters. The molecule has 1 rings (SSSR count). The van der Waals surface area contributed by atoms with Crippen LogP contribution >= 0.6 is 0 Å². The lowest BCUT2D eigenvalue weighted by atomic mass is 10.00. The number of carbonyl (C=O) groups is 1. The number of rotatable bonds is 5. The average Bonchev–Trinajstić information content (AvgIpc) is 2.34. The summed E-state index contributed by atoms with van der Waals surface area (Å²) in [5, 5.41) is 12.1. The van der Waals surface area contributed by atoms with Gasteiger partial charge in [-0.15, -0.1) is 0 Å². The summed E-state index contributed by atoms with van der Waals surface area (Å²) >= 11 is 0. The van der Waals surface area contributed by atoms with Gasteiger partial charge in [-0.05, 0) is 30.5 Å². The van der Waals surface area contributed by atoms with Gasteiger partial charge in [0.2, 0.25) is 5.91 Å². The van der Waals surface area contributed by atoms with Crippen LogP contribution in [0.5, 0.6) is 0 Å². The number of primary amides is 1. The summed E-state index contributed by atoms with van der Waals surface area (Å²) in [5.41, 5.74) is 6.95. The minimum Gasteiger partial charge on any atom is -0.368 e. The van der Waals surface area contributed by atoms with Gasteiger partial charge in [0.15, 0.2) is 0 Å². The fourth-order valence-electron chi connectivity index (χ4n) is 1.85. The molecule has 0 saturated heterocycles. The zero-order valence-electron chi connectivity index (χ0n) is 11.0. The molecule has 0 aromatic heterocycles. The van der Waals surface area contributed by atoms with Gasteiger partial charge in [-0.2, -0.15) is 5.26 Å². The number of benzene rings is 1. The maximum atomic E-state index is 11.3. The van der Waals surface area contributed by atoms with Crippen LogP contribution in [-0.2, 0) is 4.79 Å². The summed E-state index contributed by atoms with van der Waals surface area (Å²) in [6.07, 6.45) is 0. The lowest BCUT2D eigenvalue weighted by Crippen LogP contribution is -2.45. The Balaban J connectivity index is 2.84. The quantitative estimate of drug-likeness (QED) is 0.829. The molecule has 1 aromatic carbocycles. The Kier molecular flexibility index (Phi) is 4.87. The number of hydrogen-bond acceptors (Lipinski definition) is 3. The summed E-state index contributed by atoms with van der Waals surface area (Å²) in [6.45, 7) is 5.84. The normalized spacial score (nSPS) is 13.9. The molecule has 0 aliphatic heterocycles. The van der Waals surface area contributed by atoms with Gasteiger partial charge in [0, 0.05) is 6.04 Å². The van der Waals surface area contributed by atoms with Crippen LogP contribution in [0.4, 0.5) is 0 Å². The SMILES string of the molecule is CC(NC(C(N)=O)C(C)C)c1cccc(C#N)c1. The Labute approximate surface area is 108 Å². The third-order valence-electron chi connectivity index (χ3n) is 2.92. The third-order valence-corrected chi connectivity index (χ3v) is 2.92.